The highest BCUT2D eigenvalue weighted by molar-refractivity contribution is 7.90. The van der Waals surface area contributed by atoms with Crippen LogP contribution in [0, 0.1) is 5.82 Å². The third kappa shape index (κ3) is 2.37. The molecule has 14 heavy (non-hydrogen) atoms. The van der Waals surface area contributed by atoms with Gasteiger partial charge >= 0.3 is 0 Å². The molecule has 0 spiro atoms. The van der Waals surface area contributed by atoms with Gasteiger partial charge in [-0.2, -0.15) is 0 Å². The van der Waals surface area contributed by atoms with Crippen molar-refractivity contribution in [2.24, 2.45) is 0 Å². The van der Waals surface area contributed by atoms with Crippen LogP contribution < -0.4 is 0 Å². The van der Waals surface area contributed by atoms with Crippen molar-refractivity contribution in [3.63, 3.8) is 0 Å². The highest BCUT2D eigenvalue weighted by Gasteiger charge is 2.14. The van der Waals surface area contributed by atoms with E-state index >= 15 is 0 Å². The van der Waals surface area contributed by atoms with Crippen molar-refractivity contribution in [2.75, 3.05) is 6.26 Å². The SMILES string of the molecule is CS(=O)(=O)c1ccc(S(=O)O)cc1F. The van der Waals surface area contributed by atoms with Gasteiger partial charge < -0.3 is 4.55 Å². The molecule has 0 fully saturated rings. The molecule has 7 heteroatoms. The fraction of sp³-hybridized carbons (Fsp3) is 0.143. The summed E-state index contributed by atoms with van der Waals surface area (Å²) < 4.78 is 54.1. The first-order valence-electron chi connectivity index (χ1n) is 3.43. The maximum absolute atomic E-state index is 13.1. The van der Waals surface area contributed by atoms with E-state index in [1.165, 1.54) is 0 Å². The molecule has 0 heterocycles. The van der Waals surface area contributed by atoms with Crippen LogP contribution in [-0.2, 0) is 20.9 Å². The Bertz CT molecular complexity index is 480. The molecule has 0 aliphatic carbocycles. The van der Waals surface area contributed by atoms with Crippen LogP contribution in [-0.4, -0.2) is 23.4 Å². The van der Waals surface area contributed by atoms with Crippen LogP contribution in [0.3, 0.4) is 0 Å². The Labute approximate surface area is 83.0 Å². The highest BCUT2D eigenvalue weighted by atomic mass is 32.2. The van der Waals surface area contributed by atoms with Crippen LogP contribution in [0.5, 0.6) is 0 Å². The molecule has 0 aromatic heterocycles. The molecule has 1 aromatic rings. The van der Waals surface area contributed by atoms with Gasteiger partial charge in [-0.25, -0.2) is 17.0 Å². The number of hydrogen-bond donors (Lipinski definition) is 1. The van der Waals surface area contributed by atoms with Gasteiger partial charge in [0.2, 0.25) is 0 Å². The van der Waals surface area contributed by atoms with Crippen molar-refractivity contribution in [3.8, 4) is 0 Å². The van der Waals surface area contributed by atoms with E-state index < -0.39 is 31.6 Å². The van der Waals surface area contributed by atoms with Gasteiger partial charge in [0.05, 0.1) is 4.90 Å². The second-order valence-electron chi connectivity index (χ2n) is 2.61. The summed E-state index contributed by atoms with van der Waals surface area (Å²) >= 11 is -2.31. The van der Waals surface area contributed by atoms with Gasteiger partial charge in [0.25, 0.3) is 0 Å². The Morgan fingerprint density at radius 3 is 2.36 bits per heavy atom. The lowest BCUT2D eigenvalue weighted by Gasteiger charge is -2.01. The van der Waals surface area contributed by atoms with Crippen LogP contribution >= 0.6 is 0 Å². The van der Waals surface area contributed by atoms with Crippen molar-refractivity contribution in [3.05, 3.63) is 24.0 Å². The average Bonchev–Trinajstić information content (AvgIpc) is 2.01. The predicted molar refractivity (Wildman–Crippen MR) is 48.5 cm³/mol. The molecule has 1 aromatic carbocycles. The van der Waals surface area contributed by atoms with Crippen LogP contribution in [0.1, 0.15) is 0 Å². The standard InChI is InChI=1S/C7H7FO4S2/c1-14(11,12)7-3-2-5(13(9)10)4-6(7)8/h2-4H,1H3,(H,9,10). The Morgan fingerprint density at radius 2 is 2.00 bits per heavy atom. The number of halogens is 1. The topological polar surface area (TPSA) is 71.4 Å². The molecule has 78 valence electrons. The van der Waals surface area contributed by atoms with Crippen molar-refractivity contribution < 1.29 is 21.6 Å². The van der Waals surface area contributed by atoms with Gasteiger partial charge in [-0.1, -0.05) is 0 Å². The molecule has 1 rings (SSSR count). The van der Waals surface area contributed by atoms with Crippen LogP contribution in [0.4, 0.5) is 4.39 Å². The lowest BCUT2D eigenvalue weighted by atomic mass is 10.3. The number of sulfone groups is 1. The Kier molecular flexibility index (Phi) is 3.03. The van der Waals surface area contributed by atoms with Gasteiger partial charge in [-0.05, 0) is 18.2 Å². The largest absolute Gasteiger partial charge is 0.302 e. The number of rotatable bonds is 2. The molecule has 4 nitrogen and oxygen atoms in total. The Balaban J connectivity index is 3.35. The number of hydrogen-bond acceptors (Lipinski definition) is 3. The quantitative estimate of drug-likeness (QED) is 0.774. The molecule has 0 saturated carbocycles. The zero-order valence-electron chi connectivity index (χ0n) is 7.10. The van der Waals surface area contributed by atoms with E-state index in [0.717, 1.165) is 24.5 Å². The van der Waals surface area contributed by atoms with Gasteiger partial charge in [0, 0.05) is 6.26 Å². The molecule has 1 unspecified atom stereocenters. The van der Waals surface area contributed by atoms with Crippen LogP contribution in [0.15, 0.2) is 28.0 Å². The summed E-state index contributed by atoms with van der Waals surface area (Å²) in [5, 5.41) is 0. The molecule has 0 amide bonds. The second-order valence-corrected chi connectivity index (χ2v) is 5.57. The summed E-state index contributed by atoms with van der Waals surface area (Å²) in [6.07, 6.45) is 0.862. The highest BCUT2D eigenvalue weighted by Crippen LogP contribution is 2.17. The van der Waals surface area contributed by atoms with E-state index in [-0.39, 0.29) is 4.90 Å². The van der Waals surface area contributed by atoms with Crippen LogP contribution in [0.2, 0.25) is 0 Å². The van der Waals surface area contributed by atoms with E-state index in [4.69, 9.17) is 4.55 Å². The summed E-state index contributed by atoms with van der Waals surface area (Å²) in [5.74, 6) is -1.02. The van der Waals surface area contributed by atoms with Gasteiger partial charge in [-0.3, -0.25) is 0 Å². The molecular formula is C7H7FO4S2. The van der Waals surface area contributed by atoms with Crippen LogP contribution in [0.25, 0.3) is 0 Å². The first-order chi connectivity index (χ1) is 6.32. The van der Waals surface area contributed by atoms with E-state index in [0.29, 0.717) is 0 Å². The van der Waals surface area contributed by atoms with E-state index in [1.54, 1.807) is 0 Å². The molecule has 1 N–H and O–H groups in total. The fourth-order valence-electron chi connectivity index (χ4n) is 0.891. The first-order valence-corrected chi connectivity index (χ1v) is 6.42. The molecule has 0 bridgehead atoms. The molecular weight excluding hydrogens is 231 g/mol. The third-order valence-electron chi connectivity index (χ3n) is 1.50. The molecule has 0 saturated heterocycles. The summed E-state index contributed by atoms with van der Waals surface area (Å²) in [6, 6.07) is 2.79. The first kappa shape index (κ1) is 11.3. The fourth-order valence-corrected chi connectivity index (χ4v) is 2.01. The molecule has 0 aliphatic rings. The minimum Gasteiger partial charge on any atom is -0.302 e. The summed E-state index contributed by atoms with van der Waals surface area (Å²) in [6.45, 7) is 0. The summed E-state index contributed by atoms with van der Waals surface area (Å²) in [4.78, 5) is -0.651. The third-order valence-corrected chi connectivity index (χ3v) is 3.29. The van der Waals surface area contributed by atoms with Gasteiger partial charge in [0.15, 0.2) is 20.9 Å². The number of benzene rings is 1. The monoisotopic (exact) mass is 238 g/mol. The normalized spacial score (nSPS) is 13.9. The zero-order chi connectivity index (χ0) is 10.9. The average molecular weight is 238 g/mol. The van der Waals surface area contributed by atoms with Crippen molar-refractivity contribution >= 4 is 20.9 Å². The lowest BCUT2D eigenvalue weighted by molar-refractivity contribution is 0.553. The zero-order valence-corrected chi connectivity index (χ0v) is 8.73. The summed E-state index contributed by atoms with van der Waals surface area (Å²) in [7, 11) is -3.63. The molecule has 0 radical (unpaired) electrons. The maximum atomic E-state index is 13.1. The van der Waals surface area contributed by atoms with Gasteiger partial charge in [-0.15, -0.1) is 0 Å². The van der Waals surface area contributed by atoms with E-state index in [2.05, 4.69) is 0 Å². The second kappa shape index (κ2) is 3.76. The lowest BCUT2D eigenvalue weighted by Crippen LogP contribution is -2.01. The maximum Gasteiger partial charge on any atom is 0.186 e. The smallest absolute Gasteiger partial charge is 0.186 e. The van der Waals surface area contributed by atoms with Crippen molar-refractivity contribution in [2.45, 2.75) is 9.79 Å². The van der Waals surface area contributed by atoms with Crippen molar-refractivity contribution in [1.29, 1.82) is 0 Å². The Morgan fingerprint density at radius 1 is 1.43 bits per heavy atom. The van der Waals surface area contributed by atoms with E-state index in [9.17, 15) is 17.0 Å². The summed E-state index contributed by atoms with van der Waals surface area (Å²) in [5.41, 5.74) is 0. The minimum atomic E-state index is -3.63. The van der Waals surface area contributed by atoms with E-state index in [1.807, 2.05) is 0 Å². The predicted octanol–water partition coefficient (Wildman–Crippen LogP) is 0.810. The Hall–Kier alpha value is -0.790. The molecule has 0 aliphatic heterocycles. The molecule has 1 atom stereocenters. The minimum absolute atomic E-state index is 0.171. The van der Waals surface area contributed by atoms with Crippen molar-refractivity contribution in [1.82, 2.24) is 0 Å². The van der Waals surface area contributed by atoms with Gasteiger partial charge in [0.1, 0.15) is 10.7 Å².